The fourth-order valence-electron chi connectivity index (χ4n) is 1.40. The first-order chi connectivity index (χ1) is 7.16. The van der Waals surface area contributed by atoms with Gasteiger partial charge in [-0.3, -0.25) is 9.13 Å². The van der Waals surface area contributed by atoms with E-state index in [9.17, 15) is 4.79 Å². The second-order valence-electron chi connectivity index (χ2n) is 3.89. The Hall–Kier alpha value is -1.03. The van der Waals surface area contributed by atoms with E-state index >= 15 is 0 Å². The van der Waals surface area contributed by atoms with Crippen molar-refractivity contribution in [3.05, 3.63) is 22.9 Å². The predicted molar refractivity (Wildman–Crippen MR) is 60.2 cm³/mol. The van der Waals surface area contributed by atoms with Crippen molar-refractivity contribution in [3.8, 4) is 0 Å². The Bertz CT molecular complexity index is 339. The summed E-state index contributed by atoms with van der Waals surface area (Å²) in [5, 5.41) is 0. The van der Waals surface area contributed by atoms with Crippen LogP contribution in [0.15, 0.2) is 17.2 Å². The quantitative estimate of drug-likeness (QED) is 0.672. The number of imidazole rings is 1. The van der Waals surface area contributed by atoms with Gasteiger partial charge in [0.15, 0.2) is 0 Å². The molecule has 0 atom stereocenters. The van der Waals surface area contributed by atoms with Crippen LogP contribution in [0.5, 0.6) is 0 Å². The van der Waals surface area contributed by atoms with E-state index in [1.54, 1.807) is 9.13 Å². The lowest BCUT2D eigenvalue weighted by Crippen LogP contribution is -2.26. The molecule has 0 N–H and O–H groups in total. The SMILES string of the molecule is CCCOCCn1ccn(C(C)C)c1=O. The van der Waals surface area contributed by atoms with E-state index in [4.69, 9.17) is 4.74 Å². The van der Waals surface area contributed by atoms with Gasteiger partial charge in [0, 0.05) is 25.0 Å². The van der Waals surface area contributed by atoms with Gasteiger partial charge in [-0.1, -0.05) is 6.92 Å². The highest BCUT2D eigenvalue weighted by Crippen LogP contribution is 1.98. The fourth-order valence-corrected chi connectivity index (χ4v) is 1.40. The van der Waals surface area contributed by atoms with Crippen molar-refractivity contribution in [2.45, 2.75) is 39.8 Å². The third-order valence-electron chi connectivity index (χ3n) is 2.26. The van der Waals surface area contributed by atoms with Crippen LogP contribution >= 0.6 is 0 Å². The monoisotopic (exact) mass is 212 g/mol. The van der Waals surface area contributed by atoms with Crippen LogP contribution in [0, 0.1) is 0 Å². The molecule has 0 amide bonds. The Morgan fingerprint density at radius 2 is 2.07 bits per heavy atom. The molecule has 0 saturated heterocycles. The minimum Gasteiger partial charge on any atom is -0.380 e. The maximum absolute atomic E-state index is 11.7. The van der Waals surface area contributed by atoms with E-state index < -0.39 is 0 Å². The van der Waals surface area contributed by atoms with Crippen molar-refractivity contribution < 1.29 is 4.74 Å². The summed E-state index contributed by atoms with van der Waals surface area (Å²) in [6, 6.07) is 0.218. The van der Waals surface area contributed by atoms with E-state index in [1.807, 2.05) is 26.2 Å². The molecule has 0 unspecified atom stereocenters. The number of ether oxygens (including phenoxy) is 1. The Morgan fingerprint density at radius 3 is 2.60 bits per heavy atom. The van der Waals surface area contributed by atoms with E-state index in [0.29, 0.717) is 13.2 Å². The van der Waals surface area contributed by atoms with Crippen LogP contribution in [-0.2, 0) is 11.3 Å². The van der Waals surface area contributed by atoms with Crippen LogP contribution in [-0.4, -0.2) is 22.3 Å². The van der Waals surface area contributed by atoms with E-state index in [0.717, 1.165) is 13.0 Å². The molecule has 0 spiro atoms. The van der Waals surface area contributed by atoms with E-state index in [2.05, 4.69) is 6.92 Å². The van der Waals surface area contributed by atoms with Gasteiger partial charge in [0.2, 0.25) is 0 Å². The van der Waals surface area contributed by atoms with Gasteiger partial charge in [0.1, 0.15) is 0 Å². The van der Waals surface area contributed by atoms with Gasteiger partial charge in [-0.25, -0.2) is 4.79 Å². The first-order valence-electron chi connectivity index (χ1n) is 5.51. The first kappa shape index (κ1) is 12.0. The molecule has 1 aromatic rings. The zero-order chi connectivity index (χ0) is 11.3. The highest BCUT2D eigenvalue weighted by atomic mass is 16.5. The second-order valence-corrected chi connectivity index (χ2v) is 3.89. The zero-order valence-corrected chi connectivity index (χ0v) is 9.77. The molecule has 4 heteroatoms. The largest absolute Gasteiger partial charge is 0.380 e. The first-order valence-corrected chi connectivity index (χ1v) is 5.51. The zero-order valence-electron chi connectivity index (χ0n) is 9.77. The summed E-state index contributed by atoms with van der Waals surface area (Å²) in [4.78, 5) is 11.7. The number of nitrogens with zero attached hydrogens (tertiary/aromatic N) is 2. The summed E-state index contributed by atoms with van der Waals surface area (Å²) in [6.07, 6.45) is 4.66. The van der Waals surface area contributed by atoms with Crippen LogP contribution in [0.25, 0.3) is 0 Å². The average molecular weight is 212 g/mol. The molecule has 1 rings (SSSR count). The van der Waals surface area contributed by atoms with Gasteiger partial charge in [0.05, 0.1) is 13.2 Å². The third kappa shape index (κ3) is 3.23. The molecule has 1 aromatic heterocycles. The highest BCUT2D eigenvalue weighted by Gasteiger charge is 2.05. The number of hydrogen-bond donors (Lipinski definition) is 0. The second kappa shape index (κ2) is 5.75. The molecule has 15 heavy (non-hydrogen) atoms. The van der Waals surface area contributed by atoms with Gasteiger partial charge >= 0.3 is 5.69 Å². The van der Waals surface area contributed by atoms with Crippen molar-refractivity contribution >= 4 is 0 Å². The van der Waals surface area contributed by atoms with Crippen LogP contribution in [0.1, 0.15) is 33.2 Å². The summed E-state index contributed by atoms with van der Waals surface area (Å²) >= 11 is 0. The Balaban J connectivity index is 2.52. The van der Waals surface area contributed by atoms with Crippen molar-refractivity contribution in [2.75, 3.05) is 13.2 Å². The Kier molecular flexibility index (Phi) is 4.62. The van der Waals surface area contributed by atoms with Gasteiger partial charge in [-0.2, -0.15) is 0 Å². The van der Waals surface area contributed by atoms with Crippen molar-refractivity contribution in [1.29, 1.82) is 0 Å². The van der Waals surface area contributed by atoms with Crippen molar-refractivity contribution in [2.24, 2.45) is 0 Å². The molecule has 4 nitrogen and oxygen atoms in total. The predicted octanol–water partition coefficient (Wildman–Crippen LogP) is 1.66. The molecule has 1 heterocycles. The summed E-state index contributed by atoms with van der Waals surface area (Å²) in [7, 11) is 0. The maximum Gasteiger partial charge on any atom is 0.328 e. The van der Waals surface area contributed by atoms with Crippen LogP contribution in [0.2, 0.25) is 0 Å². The summed E-state index contributed by atoms with van der Waals surface area (Å²) in [5.74, 6) is 0. The van der Waals surface area contributed by atoms with Gasteiger partial charge in [-0.15, -0.1) is 0 Å². The maximum atomic E-state index is 11.7. The van der Waals surface area contributed by atoms with Gasteiger partial charge in [-0.05, 0) is 20.3 Å². The topological polar surface area (TPSA) is 36.2 Å². The standard InChI is InChI=1S/C11H20N2O2/c1-4-8-15-9-7-12-5-6-13(10(2)3)11(12)14/h5-6,10H,4,7-9H2,1-3H3. The lowest BCUT2D eigenvalue weighted by molar-refractivity contribution is 0.126. The Labute approximate surface area is 90.5 Å². The molecular formula is C11H20N2O2. The van der Waals surface area contributed by atoms with Gasteiger partial charge < -0.3 is 4.74 Å². The third-order valence-corrected chi connectivity index (χ3v) is 2.26. The number of rotatable bonds is 6. The van der Waals surface area contributed by atoms with Crippen molar-refractivity contribution in [3.63, 3.8) is 0 Å². The molecule has 0 aromatic carbocycles. The van der Waals surface area contributed by atoms with Crippen LogP contribution < -0.4 is 5.69 Å². The molecular weight excluding hydrogens is 192 g/mol. The molecule has 0 aliphatic heterocycles. The molecule has 86 valence electrons. The molecule has 0 fully saturated rings. The van der Waals surface area contributed by atoms with E-state index in [1.165, 1.54) is 0 Å². The van der Waals surface area contributed by atoms with Crippen molar-refractivity contribution in [1.82, 2.24) is 9.13 Å². The van der Waals surface area contributed by atoms with Gasteiger partial charge in [0.25, 0.3) is 0 Å². The highest BCUT2D eigenvalue weighted by molar-refractivity contribution is 4.83. The molecule has 0 bridgehead atoms. The normalized spacial score (nSPS) is 11.2. The minimum absolute atomic E-state index is 0.0464. The average Bonchev–Trinajstić information content (AvgIpc) is 2.55. The number of aromatic nitrogens is 2. The molecule has 0 aliphatic carbocycles. The smallest absolute Gasteiger partial charge is 0.328 e. The van der Waals surface area contributed by atoms with E-state index in [-0.39, 0.29) is 11.7 Å². The summed E-state index contributed by atoms with van der Waals surface area (Å²) in [5.41, 5.74) is 0.0464. The summed E-state index contributed by atoms with van der Waals surface area (Å²) in [6.45, 7) is 8.08. The summed E-state index contributed by atoms with van der Waals surface area (Å²) < 4.78 is 8.75. The lowest BCUT2D eigenvalue weighted by atomic mass is 10.4. The molecule has 0 saturated carbocycles. The Morgan fingerprint density at radius 1 is 1.33 bits per heavy atom. The number of hydrogen-bond acceptors (Lipinski definition) is 2. The minimum atomic E-state index is 0.0464. The molecule has 0 radical (unpaired) electrons. The lowest BCUT2D eigenvalue weighted by Gasteiger charge is -2.05. The fraction of sp³-hybridized carbons (Fsp3) is 0.727. The molecule has 0 aliphatic rings. The van der Waals surface area contributed by atoms with Crippen LogP contribution in [0.4, 0.5) is 0 Å². The van der Waals surface area contributed by atoms with Crippen LogP contribution in [0.3, 0.4) is 0 Å².